The van der Waals surface area contributed by atoms with Crippen LogP contribution in [0.25, 0.3) is 0 Å². The minimum absolute atomic E-state index is 0.321. The number of hydrazine groups is 1. The molecule has 0 spiro atoms. The first kappa shape index (κ1) is 12.0. The van der Waals surface area contributed by atoms with Gasteiger partial charge in [-0.3, -0.25) is 9.59 Å². The van der Waals surface area contributed by atoms with Gasteiger partial charge in [0, 0.05) is 0 Å². The summed E-state index contributed by atoms with van der Waals surface area (Å²) in [4.78, 5) is 24.6. The zero-order chi connectivity index (χ0) is 14.1. The number of hydrogen-bond acceptors (Lipinski definition) is 4. The predicted octanol–water partition coefficient (Wildman–Crippen LogP) is 2.65. The quantitative estimate of drug-likeness (QED) is 0.527. The van der Waals surface area contributed by atoms with Crippen molar-refractivity contribution in [1.82, 2.24) is 5.01 Å². The van der Waals surface area contributed by atoms with Crippen LogP contribution >= 0.6 is 0 Å². The molecule has 0 aliphatic carbocycles. The molecule has 0 fully saturated rings. The van der Waals surface area contributed by atoms with Crippen molar-refractivity contribution in [3.8, 4) is 0 Å². The third kappa shape index (κ3) is 1.66. The molecule has 2 aromatic rings. The fraction of sp³-hybridized carbons (Fsp3) is 0. The topological polar surface area (TPSA) is 76.8 Å². The van der Waals surface area contributed by atoms with E-state index >= 15 is 0 Å². The molecule has 0 bridgehead atoms. The van der Waals surface area contributed by atoms with Crippen LogP contribution in [-0.2, 0) is 0 Å². The average Bonchev–Trinajstić information content (AvgIpc) is 2.75. The molecule has 2 aromatic carbocycles. The number of fused-ring (bicyclic) bond motifs is 1. The summed E-state index contributed by atoms with van der Waals surface area (Å²) in [7, 11) is 0. The summed E-state index contributed by atoms with van der Waals surface area (Å²) in [5, 5.41) is 5.15. The molecule has 0 saturated carbocycles. The highest BCUT2D eigenvalue weighted by Crippen LogP contribution is 2.27. The summed E-state index contributed by atoms with van der Waals surface area (Å²) in [5.41, 5.74) is 8.37. The third-order valence-electron chi connectivity index (χ3n) is 3.04. The van der Waals surface area contributed by atoms with Gasteiger partial charge in [-0.2, -0.15) is 10.5 Å². The van der Waals surface area contributed by atoms with E-state index in [9.17, 15) is 9.59 Å². The normalized spacial score (nSPS) is 13.3. The standard InChI is InChI=1S/C14H10N4O2/c15-16-18(10-6-2-1-3-7-10)17-13(19)11-8-4-5-9-12(11)14(17)20/h1-9,15H. The molecule has 6 heteroatoms. The van der Waals surface area contributed by atoms with Gasteiger partial charge in [-0.05, 0) is 24.3 Å². The van der Waals surface area contributed by atoms with Crippen molar-refractivity contribution < 1.29 is 9.59 Å². The van der Waals surface area contributed by atoms with Crippen LogP contribution in [0.5, 0.6) is 0 Å². The number of hydrogen-bond donors (Lipinski definition) is 1. The number of anilines is 1. The summed E-state index contributed by atoms with van der Waals surface area (Å²) < 4.78 is 0. The summed E-state index contributed by atoms with van der Waals surface area (Å²) in [6.07, 6.45) is 0. The van der Waals surface area contributed by atoms with Crippen molar-refractivity contribution in [3.05, 3.63) is 65.7 Å². The first-order valence-corrected chi connectivity index (χ1v) is 5.94. The molecule has 0 unspecified atom stereocenters. The fourth-order valence-corrected chi connectivity index (χ4v) is 2.13. The Balaban J connectivity index is 2.06. The van der Waals surface area contributed by atoms with E-state index in [1.807, 2.05) is 0 Å². The Morgan fingerprint density at radius 2 is 1.35 bits per heavy atom. The number of nitrogens with zero attached hydrogens (tertiary/aromatic N) is 3. The van der Waals surface area contributed by atoms with Crippen molar-refractivity contribution in [2.75, 3.05) is 5.12 Å². The van der Waals surface area contributed by atoms with E-state index in [4.69, 9.17) is 5.53 Å². The highest BCUT2D eigenvalue weighted by Gasteiger charge is 2.39. The largest absolute Gasteiger partial charge is 0.282 e. The molecule has 20 heavy (non-hydrogen) atoms. The SMILES string of the molecule is N=NN(c1ccccc1)N1C(=O)c2ccccc2C1=O. The molecule has 1 aliphatic heterocycles. The monoisotopic (exact) mass is 266 g/mol. The summed E-state index contributed by atoms with van der Waals surface area (Å²) >= 11 is 0. The lowest BCUT2D eigenvalue weighted by atomic mass is 10.1. The van der Waals surface area contributed by atoms with Crippen LogP contribution < -0.4 is 5.12 Å². The van der Waals surface area contributed by atoms with Crippen molar-refractivity contribution >= 4 is 17.5 Å². The van der Waals surface area contributed by atoms with Gasteiger partial charge >= 0.3 is 0 Å². The number of benzene rings is 2. The van der Waals surface area contributed by atoms with E-state index in [2.05, 4.69) is 5.22 Å². The van der Waals surface area contributed by atoms with Gasteiger partial charge < -0.3 is 0 Å². The Labute approximate surface area is 114 Å². The predicted molar refractivity (Wildman–Crippen MR) is 71.0 cm³/mol. The Bertz CT molecular complexity index is 664. The number of carbonyl (C=O) groups excluding carboxylic acids is 2. The lowest BCUT2D eigenvalue weighted by Gasteiger charge is -2.24. The van der Waals surface area contributed by atoms with Crippen LogP contribution in [0.15, 0.2) is 59.8 Å². The molecule has 0 atom stereocenters. The van der Waals surface area contributed by atoms with Gasteiger partial charge in [-0.25, -0.2) is 0 Å². The molecule has 3 rings (SSSR count). The second kappa shape index (κ2) is 4.58. The minimum Gasteiger partial charge on any atom is -0.267 e. The van der Waals surface area contributed by atoms with Crippen LogP contribution in [-0.4, -0.2) is 16.8 Å². The lowest BCUT2D eigenvalue weighted by Crippen LogP contribution is -2.43. The molecule has 1 N–H and O–H groups in total. The number of amides is 2. The maximum Gasteiger partial charge on any atom is 0.282 e. The Hall–Kier alpha value is -3.02. The van der Waals surface area contributed by atoms with Gasteiger partial charge in [0.05, 0.1) is 16.8 Å². The number of rotatable bonds is 3. The van der Waals surface area contributed by atoms with Crippen molar-refractivity contribution in [1.29, 1.82) is 5.53 Å². The first-order chi connectivity index (χ1) is 9.74. The molecule has 0 radical (unpaired) electrons. The molecule has 0 aromatic heterocycles. The zero-order valence-electron chi connectivity index (χ0n) is 10.4. The molecule has 1 heterocycles. The van der Waals surface area contributed by atoms with E-state index in [-0.39, 0.29) is 0 Å². The molecular weight excluding hydrogens is 256 g/mol. The van der Waals surface area contributed by atoms with Crippen molar-refractivity contribution in [2.45, 2.75) is 0 Å². The molecule has 1 aliphatic rings. The first-order valence-electron chi connectivity index (χ1n) is 5.94. The van der Waals surface area contributed by atoms with Gasteiger partial charge in [0.15, 0.2) is 0 Å². The van der Waals surface area contributed by atoms with Gasteiger partial charge in [0.25, 0.3) is 11.8 Å². The molecule has 2 amide bonds. The van der Waals surface area contributed by atoms with Crippen LogP contribution in [0.1, 0.15) is 20.7 Å². The Morgan fingerprint density at radius 3 is 1.85 bits per heavy atom. The molecule has 0 saturated heterocycles. The van der Waals surface area contributed by atoms with E-state index < -0.39 is 11.8 Å². The number of imide groups is 1. The highest BCUT2D eigenvalue weighted by atomic mass is 16.2. The van der Waals surface area contributed by atoms with E-state index in [1.54, 1.807) is 54.6 Å². The second-order valence-electron chi connectivity index (χ2n) is 4.19. The van der Waals surface area contributed by atoms with Gasteiger partial charge in [0.1, 0.15) is 0 Å². The lowest BCUT2D eigenvalue weighted by molar-refractivity contribution is 0.0630. The average molecular weight is 266 g/mol. The molecule has 6 nitrogen and oxygen atoms in total. The number of carbonyl (C=O) groups is 2. The maximum absolute atomic E-state index is 12.3. The molecular formula is C14H10N4O2. The number of nitrogens with one attached hydrogen (secondary N) is 1. The minimum atomic E-state index is -0.481. The van der Waals surface area contributed by atoms with E-state index in [0.717, 1.165) is 10.1 Å². The Kier molecular flexibility index (Phi) is 2.76. The summed E-state index contributed by atoms with van der Waals surface area (Å²) in [5.74, 6) is -0.962. The van der Waals surface area contributed by atoms with Gasteiger partial charge in [-0.1, -0.05) is 35.6 Å². The smallest absolute Gasteiger partial charge is 0.267 e. The van der Waals surface area contributed by atoms with Crippen molar-refractivity contribution in [3.63, 3.8) is 0 Å². The van der Waals surface area contributed by atoms with Crippen LogP contribution in [0.4, 0.5) is 5.69 Å². The highest BCUT2D eigenvalue weighted by molar-refractivity contribution is 6.22. The fourth-order valence-electron chi connectivity index (χ4n) is 2.13. The van der Waals surface area contributed by atoms with Gasteiger partial charge in [-0.15, -0.1) is 5.12 Å². The zero-order valence-corrected chi connectivity index (χ0v) is 10.4. The Morgan fingerprint density at radius 1 is 0.850 bits per heavy atom. The van der Waals surface area contributed by atoms with E-state index in [1.165, 1.54) is 0 Å². The maximum atomic E-state index is 12.3. The van der Waals surface area contributed by atoms with Crippen LogP contribution in [0.2, 0.25) is 0 Å². The summed E-state index contributed by atoms with van der Waals surface area (Å²) in [6.45, 7) is 0. The summed E-state index contributed by atoms with van der Waals surface area (Å²) in [6, 6.07) is 15.2. The van der Waals surface area contributed by atoms with Gasteiger partial charge in [0.2, 0.25) is 0 Å². The van der Waals surface area contributed by atoms with Crippen LogP contribution in [0.3, 0.4) is 0 Å². The third-order valence-corrected chi connectivity index (χ3v) is 3.04. The number of para-hydroxylation sites is 1. The van der Waals surface area contributed by atoms with Crippen molar-refractivity contribution in [2.24, 2.45) is 5.22 Å². The molecule has 98 valence electrons. The van der Waals surface area contributed by atoms with E-state index in [0.29, 0.717) is 16.8 Å². The van der Waals surface area contributed by atoms with Crippen LogP contribution in [0, 0.1) is 5.53 Å². The second-order valence-corrected chi connectivity index (χ2v) is 4.19.